The topological polar surface area (TPSA) is 55.4 Å². The van der Waals surface area contributed by atoms with Gasteiger partial charge in [0.25, 0.3) is 0 Å². The van der Waals surface area contributed by atoms with Crippen LogP contribution in [0.3, 0.4) is 0 Å². The third-order valence-electron chi connectivity index (χ3n) is 3.07. The fourth-order valence-corrected chi connectivity index (χ4v) is 4.08. The van der Waals surface area contributed by atoms with Crippen LogP contribution in [0.25, 0.3) is 0 Å². The Kier molecular flexibility index (Phi) is 5.02. The second kappa shape index (κ2) is 5.82. The third kappa shape index (κ3) is 4.09. The summed E-state index contributed by atoms with van der Waals surface area (Å²) >= 11 is 0. The van der Waals surface area contributed by atoms with Crippen molar-refractivity contribution >= 4 is 9.84 Å². The molecule has 1 aliphatic heterocycles. The van der Waals surface area contributed by atoms with Crippen LogP contribution in [0.1, 0.15) is 19.3 Å². The molecular weight excluding hydrogens is 214 g/mol. The summed E-state index contributed by atoms with van der Waals surface area (Å²) in [6.07, 6.45) is 2.78. The third-order valence-corrected chi connectivity index (χ3v) is 4.86. The van der Waals surface area contributed by atoms with Gasteiger partial charge in [-0.1, -0.05) is 0 Å². The monoisotopic (exact) mass is 235 g/mol. The maximum absolute atomic E-state index is 11.3. The van der Waals surface area contributed by atoms with Crippen LogP contribution in [0.4, 0.5) is 0 Å². The lowest BCUT2D eigenvalue weighted by atomic mass is 9.95. The van der Waals surface area contributed by atoms with Gasteiger partial charge >= 0.3 is 0 Å². The zero-order chi connectivity index (χ0) is 11.3. The first-order valence-electron chi connectivity index (χ1n) is 5.45. The van der Waals surface area contributed by atoms with Crippen molar-refractivity contribution in [3.63, 3.8) is 0 Å². The summed E-state index contributed by atoms with van der Waals surface area (Å²) in [5.41, 5.74) is 0. The number of hydrogen-bond donors (Lipinski definition) is 1. The van der Waals surface area contributed by atoms with Gasteiger partial charge in [-0.05, 0) is 32.2 Å². The van der Waals surface area contributed by atoms with Crippen molar-refractivity contribution in [2.75, 3.05) is 32.3 Å². The smallest absolute Gasteiger partial charge is 0.150 e. The van der Waals surface area contributed by atoms with E-state index in [9.17, 15) is 8.42 Å². The van der Waals surface area contributed by atoms with Crippen LogP contribution in [0.15, 0.2) is 0 Å². The van der Waals surface area contributed by atoms with Crippen molar-refractivity contribution in [3.8, 4) is 0 Å². The normalized spacial score (nSPS) is 26.7. The molecule has 0 bridgehead atoms. The Morgan fingerprint density at radius 1 is 1.53 bits per heavy atom. The van der Waals surface area contributed by atoms with E-state index in [2.05, 4.69) is 5.32 Å². The van der Waals surface area contributed by atoms with Crippen LogP contribution >= 0.6 is 0 Å². The molecule has 1 heterocycles. The van der Waals surface area contributed by atoms with E-state index in [1.54, 1.807) is 7.11 Å². The lowest BCUT2D eigenvalue weighted by molar-refractivity contribution is 0.185. The van der Waals surface area contributed by atoms with Gasteiger partial charge in [0.05, 0.1) is 11.5 Å². The van der Waals surface area contributed by atoms with E-state index in [4.69, 9.17) is 4.74 Å². The summed E-state index contributed by atoms with van der Waals surface area (Å²) < 4.78 is 27.7. The van der Waals surface area contributed by atoms with E-state index in [-0.39, 0.29) is 5.92 Å². The predicted octanol–water partition coefficient (Wildman–Crippen LogP) is 0.436. The van der Waals surface area contributed by atoms with E-state index < -0.39 is 9.84 Å². The van der Waals surface area contributed by atoms with E-state index in [0.717, 1.165) is 25.9 Å². The van der Waals surface area contributed by atoms with Crippen molar-refractivity contribution in [2.24, 2.45) is 5.92 Å². The van der Waals surface area contributed by atoms with Crippen molar-refractivity contribution < 1.29 is 13.2 Å². The SMILES string of the molecule is CNC(CCCOC)C1CCS(=O)(=O)C1. The Hall–Kier alpha value is -0.130. The highest BCUT2D eigenvalue weighted by molar-refractivity contribution is 7.91. The Morgan fingerprint density at radius 3 is 2.73 bits per heavy atom. The molecule has 0 saturated carbocycles. The molecule has 0 spiro atoms. The zero-order valence-corrected chi connectivity index (χ0v) is 10.3. The summed E-state index contributed by atoms with van der Waals surface area (Å²) in [7, 11) is 0.842. The summed E-state index contributed by atoms with van der Waals surface area (Å²) in [6, 6.07) is 0.317. The Morgan fingerprint density at radius 2 is 2.27 bits per heavy atom. The number of hydrogen-bond acceptors (Lipinski definition) is 4. The summed E-state index contributed by atoms with van der Waals surface area (Å²) in [4.78, 5) is 0. The molecule has 2 atom stereocenters. The average Bonchev–Trinajstić information content (AvgIpc) is 2.54. The van der Waals surface area contributed by atoms with Gasteiger partial charge in [-0.3, -0.25) is 0 Å². The van der Waals surface area contributed by atoms with Gasteiger partial charge in [-0.2, -0.15) is 0 Å². The van der Waals surface area contributed by atoms with E-state index in [0.29, 0.717) is 17.5 Å². The fourth-order valence-electron chi connectivity index (χ4n) is 2.20. The second-order valence-corrected chi connectivity index (χ2v) is 6.42. The van der Waals surface area contributed by atoms with Crippen molar-refractivity contribution in [1.82, 2.24) is 5.32 Å². The fraction of sp³-hybridized carbons (Fsp3) is 1.00. The molecule has 2 unspecified atom stereocenters. The Bertz CT molecular complexity index is 276. The standard InChI is InChI=1S/C10H21NO3S/c1-11-10(4-3-6-14-2)9-5-7-15(12,13)8-9/h9-11H,3-8H2,1-2H3. The molecule has 1 rings (SSSR count). The number of methoxy groups -OCH3 is 1. The minimum Gasteiger partial charge on any atom is -0.385 e. The first-order valence-corrected chi connectivity index (χ1v) is 7.28. The van der Waals surface area contributed by atoms with Gasteiger partial charge in [0, 0.05) is 19.8 Å². The summed E-state index contributed by atoms with van der Waals surface area (Å²) in [5, 5.41) is 3.22. The molecule has 1 aliphatic rings. The van der Waals surface area contributed by atoms with Crippen LogP contribution in [0, 0.1) is 5.92 Å². The number of nitrogens with one attached hydrogen (secondary N) is 1. The highest BCUT2D eigenvalue weighted by Gasteiger charge is 2.32. The molecule has 0 amide bonds. The van der Waals surface area contributed by atoms with Crippen molar-refractivity contribution in [2.45, 2.75) is 25.3 Å². The van der Waals surface area contributed by atoms with Crippen LogP contribution in [-0.2, 0) is 14.6 Å². The number of sulfone groups is 1. The maximum Gasteiger partial charge on any atom is 0.150 e. The van der Waals surface area contributed by atoms with Gasteiger partial charge in [-0.25, -0.2) is 8.42 Å². The summed E-state index contributed by atoms with van der Waals surface area (Å²) in [6.45, 7) is 0.748. The Balaban J connectivity index is 2.39. The molecule has 1 fully saturated rings. The maximum atomic E-state index is 11.3. The largest absolute Gasteiger partial charge is 0.385 e. The highest BCUT2D eigenvalue weighted by atomic mass is 32.2. The molecule has 90 valence electrons. The lowest BCUT2D eigenvalue weighted by Gasteiger charge is -2.21. The zero-order valence-electron chi connectivity index (χ0n) is 9.53. The molecule has 5 heteroatoms. The molecular formula is C10H21NO3S. The van der Waals surface area contributed by atoms with E-state index in [1.165, 1.54) is 0 Å². The molecule has 1 N–H and O–H groups in total. The van der Waals surface area contributed by atoms with Crippen LogP contribution in [0.5, 0.6) is 0 Å². The Labute approximate surface area is 92.3 Å². The van der Waals surface area contributed by atoms with Gasteiger partial charge in [0.1, 0.15) is 0 Å². The molecule has 1 saturated heterocycles. The molecule has 0 aliphatic carbocycles. The van der Waals surface area contributed by atoms with Crippen LogP contribution in [0.2, 0.25) is 0 Å². The van der Waals surface area contributed by atoms with Crippen LogP contribution < -0.4 is 5.32 Å². The van der Waals surface area contributed by atoms with Crippen molar-refractivity contribution in [1.29, 1.82) is 0 Å². The molecule has 4 nitrogen and oxygen atoms in total. The van der Waals surface area contributed by atoms with Crippen LogP contribution in [-0.4, -0.2) is 46.7 Å². The number of ether oxygens (including phenoxy) is 1. The summed E-state index contributed by atoms with van der Waals surface area (Å²) in [5.74, 6) is 1.00. The van der Waals surface area contributed by atoms with E-state index in [1.807, 2.05) is 7.05 Å². The highest BCUT2D eigenvalue weighted by Crippen LogP contribution is 2.23. The molecule has 0 radical (unpaired) electrons. The lowest BCUT2D eigenvalue weighted by Crippen LogP contribution is -2.34. The van der Waals surface area contributed by atoms with Gasteiger partial charge in [-0.15, -0.1) is 0 Å². The first kappa shape index (κ1) is 12.9. The minimum absolute atomic E-state index is 0.289. The molecule has 0 aromatic carbocycles. The quantitative estimate of drug-likeness (QED) is 0.679. The minimum atomic E-state index is -2.75. The second-order valence-electron chi connectivity index (χ2n) is 4.19. The van der Waals surface area contributed by atoms with Crippen molar-refractivity contribution in [3.05, 3.63) is 0 Å². The molecule has 0 aromatic rings. The average molecular weight is 235 g/mol. The van der Waals surface area contributed by atoms with Gasteiger partial charge in [0.15, 0.2) is 9.84 Å². The van der Waals surface area contributed by atoms with Gasteiger partial charge < -0.3 is 10.1 Å². The van der Waals surface area contributed by atoms with E-state index >= 15 is 0 Å². The molecule has 0 aromatic heterocycles. The first-order chi connectivity index (χ1) is 7.09. The predicted molar refractivity (Wildman–Crippen MR) is 60.7 cm³/mol. The molecule has 15 heavy (non-hydrogen) atoms. The number of rotatable bonds is 6. The van der Waals surface area contributed by atoms with Gasteiger partial charge in [0.2, 0.25) is 0 Å².